The number of anilines is 1. The van der Waals surface area contributed by atoms with Crippen LogP contribution in [-0.4, -0.2) is 82.3 Å². The minimum atomic E-state index is -1.97. The highest BCUT2D eigenvalue weighted by molar-refractivity contribution is 7.80. The van der Waals surface area contributed by atoms with E-state index < -0.39 is 53.6 Å². The molecule has 0 fully saturated rings. The molecule has 6 amide bonds. The van der Waals surface area contributed by atoms with Crippen LogP contribution in [0.2, 0.25) is 0 Å². The molecule has 0 bridgehead atoms. The van der Waals surface area contributed by atoms with Crippen LogP contribution >= 0.6 is 12.6 Å². The maximum absolute atomic E-state index is 13.9. The van der Waals surface area contributed by atoms with Crippen molar-refractivity contribution < 1.29 is 47.8 Å². The van der Waals surface area contributed by atoms with E-state index in [0.717, 1.165) is 16.5 Å². The van der Waals surface area contributed by atoms with Crippen molar-refractivity contribution in [2.75, 3.05) is 24.2 Å². The second-order valence-electron chi connectivity index (χ2n) is 16.3. The lowest BCUT2D eigenvalue weighted by molar-refractivity contribution is -0.175. The number of carbonyl (C=O) groups is 7. The van der Waals surface area contributed by atoms with E-state index in [4.69, 9.17) is 24.9 Å². The van der Waals surface area contributed by atoms with E-state index in [1.807, 2.05) is 30.3 Å². The average Bonchev–Trinajstić information content (AvgIpc) is 3.65. The Kier molecular flexibility index (Phi) is 16.0. The summed E-state index contributed by atoms with van der Waals surface area (Å²) in [6.07, 6.45) is -0.461. The molecule has 0 spiro atoms. The van der Waals surface area contributed by atoms with Gasteiger partial charge < -0.3 is 51.1 Å². The Morgan fingerprint density at radius 1 is 0.924 bits per heavy atom. The molecule has 2 aromatic carbocycles. The zero-order valence-corrected chi connectivity index (χ0v) is 37.8. The lowest BCUT2D eigenvalue weighted by Gasteiger charge is -2.35. The summed E-state index contributed by atoms with van der Waals surface area (Å²) in [5.74, 6) is -2.54. The summed E-state index contributed by atoms with van der Waals surface area (Å²) in [7, 11) is 0. The number of nitrogens with one attached hydrogen (secondary N) is 5. The number of pyridine rings is 2. The topological polar surface area (TPSA) is 268 Å². The lowest BCUT2D eigenvalue weighted by Crippen LogP contribution is -2.54. The van der Waals surface area contributed by atoms with Gasteiger partial charge in [0, 0.05) is 53.9 Å². The molecule has 2 aliphatic heterocycles. The normalized spacial score (nSPS) is 15.6. The van der Waals surface area contributed by atoms with Gasteiger partial charge in [-0.2, -0.15) is 12.6 Å². The summed E-state index contributed by atoms with van der Waals surface area (Å²) in [6.45, 7) is 5.36. The molecular formula is C46H54N8O11S. The number of carbonyl (C=O) groups excluding carboxylic acids is 7. The first-order valence-corrected chi connectivity index (χ1v) is 22.4. The van der Waals surface area contributed by atoms with E-state index in [1.54, 1.807) is 55.7 Å². The van der Waals surface area contributed by atoms with E-state index in [2.05, 4.69) is 39.2 Å². The maximum atomic E-state index is 13.9. The van der Waals surface area contributed by atoms with Gasteiger partial charge in [0.2, 0.25) is 29.2 Å². The number of cyclic esters (lactones) is 1. The number of ether oxygens (including phenoxy) is 3. The van der Waals surface area contributed by atoms with Gasteiger partial charge in [-0.1, -0.05) is 51.1 Å². The Morgan fingerprint density at radius 2 is 1.67 bits per heavy atom. The second kappa shape index (κ2) is 21.8. The fourth-order valence-electron chi connectivity index (χ4n) is 7.83. The number of fused-ring (bicyclic) bond motifs is 5. The highest BCUT2D eigenvalue weighted by atomic mass is 32.1. The van der Waals surface area contributed by atoms with Crippen LogP contribution in [0.15, 0.2) is 65.5 Å². The number of nitrogens with zero attached hydrogens (tertiary/aromatic N) is 2. The highest BCUT2D eigenvalue weighted by Gasteiger charge is 2.51. The number of esters is 1. The molecule has 3 atom stereocenters. The summed E-state index contributed by atoms with van der Waals surface area (Å²) in [6, 6.07) is 14.7. The number of rotatable bonds is 20. The van der Waals surface area contributed by atoms with E-state index in [1.165, 1.54) is 0 Å². The van der Waals surface area contributed by atoms with Gasteiger partial charge in [0.15, 0.2) is 0 Å². The van der Waals surface area contributed by atoms with Crippen LogP contribution in [0, 0.1) is 5.92 Å². The van der Waals surface area contributed by atoms with Crippen LogP contribution in [0.3, 0.4) is 0 Å². The van der Waals surface area contributed by atoms with Gasteiger partial charge in [-0.25, -0.2) is 19.4 Å². The molecule has 350 valence electrons. The number of para-hydroxylation sites is 1. The first-order chi connectivity index (χ1) is 31.6. The number of amides is 6. The van der Waals surface area contributed by atoms with E-state index in [-0.39, 0.29) is 93.3 Å². The summed E-state index contributed by atoms with van der Waals surface area (Å²) in [5, 5.41) is 14.2. The molecule has 2 aliphatic rings. The van der Waals surface area contributed by atoms with Crippen molar-refractivity contribution in [2.45, 2.75) is 96.7 Å². The fourth-order valence-corrected chi connectivity index (χ4v) is 7.94. The number of nitrogens with two attached hydrogens (primary N) is 1. The molecule has 66 heavy (non-hydrogen) atoms. The van der Waals surface area contributed by atoms with Crippen LogP contribution in [0.1, 0.15) is 81.5 Å². The van der Waals surface area contributed by atoms with Gasteiger partial charge in [-0.05, 0) is 67.5 Å². The largest absolute Gasteiger partial charge is 0.510 e. The van der Waals surface area contributed by atoms with Gasteiger partial charge in [0.25, 0.3) is 5.56 Å². The summed E-state index contributed by atoms with van der Waals surface area (Å²) in [5.41, 5.74) is 6.71. The SMILES string of the molecule is CC[C@@]1(OC(=O)OCc2ccc(NC(=O)[C@H](CCCNC(N)=O)NC(=O)[C@@H](NC(=O)CCCC(=O)NCCS)C(C)C)cc2)C(=O)OCc2c1cc1n(c2=O)Cc2cc3ccccc3nc2-1. The number of hydrogen-bond acceptors (Lipinski definition) is 13. The van der Waals surface area contributed by atoms with Crippen molar-refractivity contribution in [3.63, 3.8) is 0 Å². The lowest BCUT2D eigenvalue weighted by atomic mass is 9.85. The van der Waals surface area contributed by atoms with Crippen LogP contribution in [-0.2, 0) is 63.5 Å². The second-order valence-corrected chi connectivity index (χ2v) is 16.7. The van der Waals surface area contributed by atoms with Crippen molar-refractivity contribution in [1.29, 1.82) is 0 Å². The Hall–Kier alpha value is -6.96. The van der Waals surface area contributed by atoms with Crippen LogP contribution in [0.5, 0.6) is 0 Å². The molecule has 19 nitrogen and oxygen atoms in total. The van der Waals surface area contributed by atoms with Crippen molar-refractivity contribution in [3.8, 4) is 11.4 Å². The molecular weight excluding hydrogens is 873 g/mol. The van der Waals surface area contributed by atoms with Gasteiger partial charge in [-0.3, -0.25) is 24.0 Å². The molecule has 20 heteroatoms. The Morgan fingerprint density at radius 3 is 2.38 bits per heavy atom. The smallest absolute Gasteiger partial charge is 0.457 e. The van der Waals surface area contributed by atoms with E-state index >= 15 is 0 Å². The monoisotopic (exact) mass is 926 g/mol. The number of thiol groups is 1. The Balaban J connectivity index is 1.08. The summed E-state index contributed by atoms with van der Waals surface area (Å²) in [4.78, 5) is 109. The van der Waals surface area contributed by atoms with E-state index in [0.29, 0.717) is 34.9 Å². The van der Waals surface area contributed by atoms with Gasteiger partial charge >= 0.3 is 18.2 Å². The standard InChI is InChI=1S/C46H54N8O11S/c1-4-46(32-22-35-39-29(21-28-9-5-6-10-33(28)51-39)23-54(35)42(59)31(32)25-63-43(46)60)65-45(62)64-24-27-14-16-30(17-15-27)50-40(57)34(11-8-18-49-44(47)61)52-41(58)38(26(2)3)53-37(56)13-7-12-36(55)48-19-20-66/h5-6,9-10,14-17,21-22,26,34,38,66H,4,7-8,11-13,18-20,23-25H2,1-3H3,(H,48,55)(H,50,57)(H,52,58)(H,53,56)(H3,47,49,61)/t34-,38-,46-/m0/s1. The third-order valence-corrected chi connectivity index (χ3v) is 11.6. The number of urea groups is 1. The number of aromatic nitrogens is 2. The van der Waals surface area contributed by atoms with Crippen molar-refractivity contribution in [1.82, 2.24) is 30.8 Å². The summed E-state index contributed by atoms with van der Waals surface area (Å²) >= 11 is 4.05. The molecule has 4 aromatic rings. The number of primary amides is 1. The highest BCUT2D eigenvalue weighted by Crippen LogP contribution is 2.41. The van der Waals surface area contributed by atoms with E-state index in [9.17, 15) is 38.4 Å². The molecule has 0 unspecified atom stereocenters. The number of benzene rings is 2. The van der Waals surface area contributed by atoms with Crippen LogP contribution < -0.4 is 37.9 Å². The molecule has 2 aromatic heterocycles. The van der Waals surface area contributed by atoms with Gasteiger partial charge in [-0.15, -0.1) is 0 Å². The summed E-state index contributed by atoms with van der Waals surface area (Å²) < 4.78 is 18.2. The third-order valence-electron chi connectivity index (χ3n) is 11.3. The van der Waals surface area contributed by atoms with Gasteiger partial charge in [0.1, 0.15) is 25.3 Å². The van der Waals surface area contributed by atoms with Gasteiger partial charge in [0.05, 0.1) is 29.0 Å². The third kappa shape index (κ3) is 11.5. The minimum Gasteiger partial charge on any atom is -0.457 e. The predicted octanol–water partition coefficient (Wildman–Crippen LogP) is 3.67. The predicted molar refractivity (Wildman–Crippen MR) is 245 cm³/mol. The zero-order chi connectivity index (χ0) is 47.5. The van der Waals surface area contributed by atoms with Crippen LogP contribution in [0.25, 0.3) is 22.3 Å². The zero-order valence-electron chi connectivity index (χ0n) is 36.9. The molecule has 0 saturated heterocycles. The molecule has 6 rings (SSSR count). The molecule has 0 radical (unpaired) electrons. The van der Waals surface area contributed by atoms with Crippen molar-refractivity contribution in [2.24, 2.45) is 11.7 Å². The first-order valence-electron chi connectivity index (χ1n) is 21.7. The Bertz CT molecular complexity index is 2570. The number of hydrogen-bond donors (Lipinski definition) is 7. The first kappa shape index (κ1) is 48.5. The molecule has 0 saturated carbocycles. The van der Waals surface area contributed by atoms with Crippen molar-refractivity contribution in [3.05, 3.63) is 93.3 Å². The maximum Gasteiger partial charge on any atom is 0.510 e. The molecule has 4 heterocycles. The molecule has 0 aliphatic carbocycles. The van der Waals surface area contributed by atoms with Crippen LogP contribution in [0.4, 0.5) is 15.3 Å². The van der Waals surface area contributed by atoms with Crippen molar-refractivity contribution >= 4 is 71.0 Å². The average molecular weight is 927 g/mol. The quantitative estimate of drug-likeness (QED) is 0.0335. The molecule has 7 N–H and O–H groups in total. The fraction of sp³-hybridized carbons (Fsp3) is 0.413. The Labute approximate surface area is 385 Å². The minimum absolute atomic E-state index is 0.00845.